The Bertz CT molecular complexity index is 279. The summed E-state index contributed by atoms with van der Waals surface area (Å²) in [6.45, 7) is 4.06. The largest absolute Gasteiger partial charge is 0.386 e. The van der Waals surface area contributed by atoms with Crippen molar-refractivity contribution in [1.82, 2.24) is 0 Å². The van der Waals surface area contributed by atoms with Crippen LogP contribution in [-0.2, 0) is 9.53 Å². The molecule has 2 atom stereocenters. The molecule has 0 amide bonds. The number of aliphatic hydroxyl groups excluding tert-OH is 1. The number of ketones is 1. The van der Waals surface area contributed by atoms with Crippen LogP contribution in [0.1, 0.15) is 26.7 Å². The molecule has 2 unspecified atom stereocenters. The zero-order valence-electron chi connectivity index (χ0n) is 9.27. The molecule has 3 heteroatoms. The SMILES string of the molecule is CCOC1C=C(CCC(C)=O)C=CC1O. The van der Waals surface area contributed by atoms with Crippen molar-refractivity contribution in [2.24, 2.45) is 0 Å². The average molecular weight is 210 g/mol. The number of aliphatic hydroxyl groups is 1. The second kappa shape index (κ2) is 5.83. The van der Waals surface area contributed by atoms with E-state index in [1.165, 1.54) is 0 Å². The highest BCUT2D eigenvalue weighted by Crippen LogP contribution is 2.18. The molecule has 0 aromatic rings. The first-order chi connectivity index (χ1) is 7.13. The number of allylic oxidation sites excluding steroid dienone is 2. The molecule has 0 fully saturated rings. The van der Waals surface area contributed by atoms with Gasteiger partial charge in [-0.1, -0.05) is 12.2 Å². The van der Waals surface area contributed by atoms with Gasteiger partial charge in [-0.25, -0.2) is 0 Å². The highest BCUT2D eigenvalue weighted by molar-refractivity contribution is 5.75. The molecule has 0 saturated heterocycles. The van der Waals surface area contributed by atoms with Crippen molar-refractivity contribution in [3.8, 4) is 0 Å². The number of carbonyl (C=O) groups is 1. The van der Waals surface area contributed by atoms with Crippen LogP contribution in [0, 0.1) is 0 Å². The third-order valence-electron chi connectivity index (χ3n) is 2.35. The summed E-state index contributed by atoms with van der Waals surface area (Å²) in [5.41, 5.74) is 1.06. The van der Waals surface area contributed by atoms with Crippen LogP contribution in [-0.4, -0.2) is 29.7 Å². The maximum absolute atomic E-state index is 10.8. The van der Waals surface area contributed by atoms with E-state index < -0.39 is 6.10 Å². The van der Waals surface area contributed by atoms with Gasteiger partial charge in [0.15, 0.2) is 0 Å². The van der Waals surface area contributed by atoms with Gasteiger partial charge < -0.3 is 14.6 Å². The Kier molecular flexibility index (Phi) is 4.72. The zero-order chi connectivity index (χ0) is 11.3. The Hall–Kier alpha value is -0.930. The number of rotatable bonds is 5. The second-order valence-electron chi connectivity index (χ2n) is 3.71. The van der Waals surface area contributed by atoms with Crippen LogP contribution in [0.4, 0.5) is 0 Å². The predicted octanol–water partition coefficient (Wildman–Crippen LogP) is 1.62. The molecule has 1 aliphatic rings. The molecule has 0 spiro atoms. The lowest BCUT2D eigenvalue weighted by molar-refractivity contribution is -0.116. The Morgan fingerprint density at radius 2 is 2.33 bits per heavy atom. The maximum Gasteiger partial charge on any atom is 0.130 e. The first kappa shape index (κ1) is 12.1. The first-order valence-electron chi connectivity index (χ1n) is 5.31. The molecule has 0 bridgehead atoms. The molecule has 1 N–H and O–H groups in total. The number of hydrogen-bond acceptors (Lipinski definition) is 3. The molecule has 3 nitrogen and oxygen atoms in total. The van der Waals surface area contributed by atoms with Crippen LogP contribution in [0.25, 0.3) is 0 Å². The summed E-state index contributed by atoms with van der Waals surface area (Å²) in [5.74, 6) is 0.184. The lowest BCUT2D eigenvalue weighted by Gasteiger charge is -2.21. The van der Waals surface area contributed by atoms with Gasteiger partial charge in [-0.2, -0.15) is 0 Å². The quantitative estimate of drug-likeness (QED) is 0.750. The third-order valence-corrected chi connectivity index (χ3v) is 2.35. The van der Waals surface area contributed by atoms with E-state index in [1.807, 2.05) is 19.1 Å². The minimum absolute atomic E-state index is 0.184. The Labute approximate surface area is 90.4 Å². The lowest BCUT2D eigenvalue weighted by Crippen LogP contribution is -2.27. The first-order valence-corrected chi connectivity index (χ1v) is 5.31. The molecule has 84 valence electrons. The Morgan fingerprint density at radius 3 is 2.93 bits per heavy atom. The molecular formula is C12H18O3. The van der Waals surface area contributed by atoms with Crippen molar-refractivity contribution in [1.29, 1.82) is 0 Å². The fourth-order valence-corrected chi connectivity index (χ4v) is 1.52. The molecule has 0 aliphatic heterocycles. The zero-order valence-corrected chi connectivity index (χ0v) is 9.27. The minimum atomic E-state index is -0.564. The van der Waals surface area contributed by atoms with E-state index in [0.29, 0.717) is 13.0 Å². The predicted molar refractivity (Wildman–Crippen MR) is 58.6 cm³/mol. The lowest BCUT2D eigenvalue weighted by atomic mass is 9.98. The van der Waals surface area contributed by atoms with E-state index in [4.69, 9.17) is 4.74 Å². The van der Waals surface area contributed by atoms with Gasteiger partial charge in [0.1, 0.15) is 18.0 Å². The van der Waals surface area contributed by atoms with Gasteiger partial charge in [-0.05, 0) is 31.9 Å². The number of ether oxygens (including phenoxy) is 1. The molecule has 0 heterocycles. The summed E-state index contributed by atoms with van der Waals surface area (Å²) >= 11 is 0. The molecule has 1 rings (SSSR count). The Balaban J connectivity index is 2.53. The van der Waals surface area contributed by atoms with Crippen LogP contribution in [0.2, 0.25) is 0 Å². The van der Waals surface area contributed by atoms with Crippen molar-refractivity contribution in [2.45, 2.75) is 38.9 Å². The summed E-state index contributed by atoms with van der Waals surface area (Å²) in [7, 11) is 0. The van der Waals surface area contributed by atoms with Gasteiger partial charge in [0.05, 0.1) is 0 Å². The van der Waals surface area contributed by atoms with Gasteiger partial charge in [0, 0.05) is 13.0 Å². The topological polar surface area (TPSA) is 46.5 Å². The van der Waals surface area contributed by atoms with E-state index in [0.717, 1.165) is 12.0 Å². The molecule has 15 heavy (non-hydrogen) atoms. The fraction of sp³-hybridized carbons (Fsp3) is 0.583. The van der Waals surface area contributed by atoms with Gasteiger partial charge >= 0.3 is 0 Å². The van der Waals surface area contributed by atoms with Gasteiger partial charge in [0.25, 0.3) is 0 Å². The van der Waals surface area contributed by atoms with Gasteiger partial charge in [-0.15, -0.1) is 0 Å². The van der Waals surface area contributed by atoms with Gasteiger partial charge in [0.2, 0.25) is 0 Å². The van der Waals surface area contributed by atoms with Crippen LogP contribution >= 0.6 is 0 Å². The monoisotopic (exact) mass is 210 g/mol. The third kappa shape index (κ3) is 3.98. The van der Waals surface area contributed by atoms with Crippen molar-refractivity contribution in [2.75, 3.05) is 6.61 Å². The van der Waals surface area contributed by atoms with Crippen LogP contribution in [0.3, 0.4) is 0 Å². The van der Waals surface area contributed by atoms with Crippen molar-refractivity contribution in [3.05, 3.63) is 23.8 Å². The number of Topliss-reactive ketones (excluding diaryl/α,β-unsaturated/α-hetero) is 1. The normalized spacial score (nSPS) is 25.1. The maximum atomic E-state index is 10.8. The standard InChI is InChI=1S/C12H18O3/c1-3-15-12-8-10(5-4-9(2)13)6-7-11(12)14/h6-8,11-12,14H,3-5H2,1-2H3. The van der Waals surface area contributed by atoms with Crippen LogP contribution < -0.4 is 0 Å². The van der Waals surface area contributed by atoms with Crippen LogP contribution in [0.15, 0.2) is 23.8 Å². The molecule has 0 saturated carbocycles. The molecule has 1 aliphatic carbocycles. The van der Waals surface area contributed by atoms with E-state index in [2.05, 4.69) is 0 Å². The smallest absolute Gasteiger partial charge is 0.130 e. The van der Waals surface area contributed by atoms with Gasteiger partial charge in [-0.3, -0.25) is 0 Å². The van der Waals surface area contributed by atoms with E-state index in [-0.39, 0.29) is 11.9 Å². The summed E-state index contributed by atoms with van der Waals surface area (Å²) in [6, 6.07) is 0. The highest BCUT2D eigenvalue weighted by atomic mass is 16.5. The summed E-state index contributed by atoms with van der Waals surface area (Å²) in [4.78, 5) is 10.8. The van der Waals surface area contributed by atoms with Crippen molar-refractivity contribution in [3.63, 3.8) is 0 Å². The summed E-state index contributed by atoms with van der Waals surface area (Å²) in [5, 5.41) is 9.57. The molecule has 0 aromatic carbocycles. The fourth-order valence-electron chi connectivity index (χ4n) is 1.52. The molecular weight excluding hydrogens is 192 g/mol. The van der Waals surface area contributed by atoms with E-state index >= 15 is 0 Å². The van der Waals surface area contributed by atoms with E-state index in [1.54, 1.807) is 13.0 Å². The molecule has 0 aromatic heterocycles. The Morgan fingerprint density at radius 1 is 1.60 bits per heavy atom. The average Bonchev–Trinajstić information content (AvgIpc) is 2.19. The van der Waals surface area contributed by atoms with E-state index in [9.17, 15) is 9.90 Å². The second-order valence-corrected chi connectivity index (χ2v) is 3.71. The van der Waals surface area contributed by atoms with Crippen molar-refractivity contribution < 1.29 is 14.6 Å². The minimum Gasteiger partial charge on any atom is -0.386 e. The van der Waals surface area contributed by atoms with Crippen LogP contribution in [0.5, 0.6) is 0 Å². The molecule has 0 radical (unpaired) electrons. The summed E-state index contributed by atoms with van der Waals surface area (Å²) < 4.78 is 5.37. The number of carbonyl (C=O) groups excluding carboxylic acids is 1. The highest BCUT2D eigenvalue weighted by Gasteiger charge is 2.18. The van der Waals surface area contributed by atoms with Crippen molar-refractivity contribution >= 4 is 5.78 Å². The summed E-state index contributed by atoms with van der Waals surface area (Å²) in [6.07, 6.45) is 5.93. The number of hydrogen-bond donors (Lipinski definition) is 1.